The maximum Gasteiger partial charge on any atom is 0.247 e. The van der Waals surface area contributed by atoms with Crippen molar-refractivity contribution in [3.8, 4) is 0 Å². The van der Waals surface area contributed by atoms with Crippen LogP contribution in [0.1, 0.15) is 6.92 Å². The van der Waals surface area contributed by atoms with Crippen LogP contribution in [-0.2, 0) is 4.79 Å². The Morgan fingerprint density at radius 1 is 1.19 bits per heavy atom. The van der Waals surface area contributed by atoms with Gasteiger partial charge < -0.3 is 10.6 Å². The zero-order chi connectivity index (χ0) is 14.8. The number of hydrogen-bond donors (Lipinski definition) is 2. The summed E-state index contributed by atoms with van der Waals surface area (Å²) in [7, 11) is 0. The lowest BCUT2D eigenvalue weighted by molar-refractivity contribution is -0.114. The third kappa shape index (κ3) is 3.03. The molecule has 1 aromatic carbocycles. The van der Waals surface area contributed by atoms with Crippen LogP contribution in [0.5, 0.6) is 0 Å². The van der Waals surface area contributed by atoms with Crippen molar-refractivity contribution in [3.05, 3.63) is 47.1 Å². The number of pyridine rings is 1. The fourth-order valence-electron chi connectivity index (χ4n) is 1.90. The summed E-state index contributed by atoms with van der Waals surface area (Å²) < 4.78 is 2.57. The van der Waals surface area contributed by atoms with Crippen molar-refractivity contribution >= 4 is 44.8 Å². The average molecular weight is 346 g/mol. The Kier molecular flexibility index (Phi) is 3.57. The largest absolute Gasteiger partial charge is 0.326 e. The molecule has 6 nitrogen and oxygen atoms in total. The van der Waals surface area contributed by atoms with E-state index in [1.807, 2.05) is 42.6 Å². The van der Waals surface area contributed by atoms with Gasteiger partial charge in [0.05, 0.1) is 4.47 Å². The zero-order valence-electron chi connectivity index (χ0n) is 11.2. The molecule has 2 N–H and O–H groups in total. The van der Waals surface area contributed by atoms with Gasteiger partial charge in [-0.15, -0.1) is 5.10 Å². The first kappa shape index (κ1) is 13.6. The maximum atomic E-state index is 11.0. The molecule has 0 aliphatic carbocycles. The molecule has 106 valence electrons. The number of halogens is 1. The number of anilines is 3. The summed E-state index contributed by atoms with van der Waals surface area (Å²) in [5.41, 5.74) is 2.34. The van der Waals surface area contributed by atoms with Crippen molar-refractivity contribution in [2.45, 2.75) is 6.92 Å². The highest BCUT2D eigenvalue weighted by Gasteiger charge is 2.06. The summed E-state index contributed by atoms with van der Waals surface area (Å²) in [5.74, 6) is 0.414. The Labute approximate surface area is 129 Å². The Hall–Kier alpha value is -2.41. The first-order chi connectivity index (χ1) is 10.1. The van der Waals surface area contributed by atoms with Crippen LogP contribution in [0.15, 0.2) is 47.1 Å². The fourth-order valence-corrected chi connectivity index (χ4v) is 2.32. The van der Waals surface area contributed by atoms with Gasteiger partial charge in [0.15, 0.2) is 5.65 Å². The molecule has 3 rings (SSSR count). The summed E-state index contributed by atoms with van der Waals surface area (Å²) >= 11 is 3.44. The van der Waals surface area contributed by atoms with E-state index in [1.165, 1.54) is 6.92 Å². The van der Waals surface area contributed by atoms with Gasteiger partial charge in [0.2, 0.25) is 11.9 Å². The number of carbonyl (C=O) groups is 1. The van der Waals surface area contributed by atoms with Crippen molar-refractivity contribution in [3.63, 3.8) is 0 Å². The van der Waals surface area contributed by atoms with Gasteiger partial charge in [-0.2, -0.15) is 4.98 Å². The minimum absolute atomic E-state index is 0.0948. The van der Waals surface area contributed by atoms with E-state index in [4.69, 9.17) is 0 Å². The van der Waals surface area contributed by atoms with Crippen LogP contribution >= 0.6 is 15.9 Å². The van der Waals surface area contributed by atoms with Gasteiger partial charge in [-0.3, -0.25) is 4.79 Å². The molecule has 0 radical (unpaired) electrons. The van der Waals surface area contributed by atoms with E-state index in [2.05, 4.69) is 36.6 Å². The van der Waals surface area contributed by atoms with Crippen LogP contribution in [0.2, 0.25) is 0 Å². The molecule has 21 heavy (non-hydrogen) atoms. The molecule has 3 aromatic rings. The van der Waals surface area contributed by atoms with E-state index in [1.54, 1.807) is 4.52 Å². The molecule has 2 heterocycles. The fraction of sp³-hybridized carbons (Fsp3) is 0.0714. The van der Waals surface area contributed by atoms with Gasteiger partial charge in [-0.1, -0.05) is 0 Å². The normalized spacial score (nSPS) is 10.6. The lowest BCUT2D eigenvalue weighted by Crippen LogP contribution is -2.05. The lowest BCUT2D eigenvalue weighted by Gasteiger charge is -2.04. The van der Waals surface area contributed by atoms with Gasteiger partial charge in [0.25, 0.3) is 0 Å². The quantitative estimate of drug-likeness (QED) is 0.764. The molecule has 7 heteroatoms. The van der Waals surface area contributed by atoms with Gasteiger partial charge in [0, 0.05) is 24.5 Å². The van der Waals surface area contributed by atoms with Gasteiger partial charge in [-0.25, -0.2) is 4.52 Å². The number of amides is 1. The molecule has 0 aliphatic rings. The highest BCUT2D eigenvalue weighted by atomic mass is 79.9. The minimum Gasteiger partial charge on any atom is -0.326 e. The van der Waals surface area contributed by atoms with Crippen LogP contribution in [-0.4, -0.2) is 20.5 Å². The van der Waals surface area contributed by atoms with Gasteiger partial charge in [0.1, 0.15) is 0 Å². The Morgan fingerprint density at radius 2 is 1.90 bits per heavy atom. The number of hydrogen-bond acceptors (Lipinski definition) is 4. The van der Waals surface area contributed by atoms with Gasteiger partial charge >= 0.3 is 0 Å². The number of carbonyl (C=O) groups excluding carboxylic acids is 1. The van der Waals surface area contributed by atoms with E-state index in [9.17, 15) is 4.79 Å². The number of fused-ring (bicyclic) bond motifs is 1. The Morgan fingerprint density at radius 3 is 2.57 bits per heavy atom. The monoisotopic (exact) mass is 345 g/mol. The number of benzene rings is 1. The molecule has 1 amide bonds. The van der Waals surface area contributed by atoms with Crippen molar-refractivity contribution in [1.29, 1.82) is 0 Å². The van der Waals surface area contributed by atoms with Crippen molar-refractivity contribution in [1.82, 2.24) is 14.6 Å². The molecule has 0 aliphatic heterocycles. The predicted molar refractivity (Wildman–Crippen MR) is 84.7 cm³/mol. The average Bonchev–Trinajstić information content (AvgIpc) is 2.84. The molecule has 0 bridgehead atoms. The predicted octanol–water partition coefficient (Wildman–Crippen LogP) is 3.19. The number of nitrogens with zero attached hydrogens (tertiary/aromatic N) is 3. The number of nitrogens with one attached hydrogen (secondary N) is 2. The minimum atomic E-state index is -0.0948. The molecular formula is C14H12BrN5O. The van der Waals surface area contributed by atoms with Crippen molar-refractivity contribution in [2.24, 2.45) is 0 Å². The second kappa shape index (κ2) is 5.53. The molecule has 0 atom stereocenters. The van der Waals surface area contributed by atoms with Crippen molar-refractivity contribution in [2.75, 3.05) is 10.6 Å². The molecule has 0 fully saturated rings. The second-order valence-corrected chi connectivity index (χ2v) is 5.30. The maximum absolute atomic E-state index is 11.0. The summed E-state index contributed by atoms with van der Waals surface area (Å²) in [6.45, 7) is 1.48. The lowest BCUT2D eigenvalue weighted by atomic mass is 10.3. The van der Waals surface area contributed by atoms with Crippen LogP contribution in [0, 0.1) is 0 Å². The highest BCUT2D eigenvalue weighted by Crippen LogP contribution is 2.20. The highest BCUT2D eigenvalue weighted by molar-refractivity contribution is 9.10. The molecular weight excluding hydrogens is 334 g/mol. The van der Waals surface area contributed by atoms with Crippen LogP contribution in [0.25, 0.3) is 5.65 Å². The van der Waals surface area contributed by atoms with E-state index in [-0.39, 0.29) is 5.91 Å². The standard InChI is InChI=1S/C14H12BrN5O/c1-9(21)16-10-4-6-11(7-5-10)17-14-18-13-12(15)3-2-8-20(13)19-14/h2-8H,1H3,(H,16,21)(H,17,19). The Bertz CT molecular complexity index is 797. The van der Waals surface area contributed by atoms with E-state index >= 15 is 0 Å². The number of rotatable bonds is 3. The zero-order valence-corrected chi connectivity index (χ0v) is 12.8. The molecule has 0 unspecified atom stereocenters. The summed E-state index contributed by atoms with van der Waals surface area (Å²) in [6.07, 6.45) is 1.83. The van der Waals surface area contributed by atoms with Crippen molar-refractivity contribution < 1.29 is 4.79 Å². The summed E-state index contributed by atoms with van der Waals surface area (Å²) in [6, 6.07) is 11.1. The molecule has 0 saturated heterocycles. The topological polar surface area (TPSA) is 71.3 Å². The first-order valence-electron chi connectivity index (χ1n) is 6.27. The molecule has 0 saturated carbocycles. The third-order valence-electron chi connectivity index (χ3n) is 2.78. The summed E-state index contributed by atoms with van der Waals surface area (Å²) in [5, 5.41) is 10.2. The summed E-state index contributed by atoms with van der Waals surface area (Å²) in [4.78, 5) is 15.4. The smallest absolute Gasteiger partial charge is 0.247 e. The molecule has 2 aromatic heterocycles. The van der Waals surface area contributed by atoms with Crippen LogP contribution < -0.4 is 10.6 Å². The molecule has 0 spiro atoms. The van der Waals surface area contributed by atoms with Crippen LogP contribution in [0.4, 0.5) is 17.3 Å². The first-order valence-corrected chi connectivity index (χ1v) is 7.07. The SMILES string of the molecule is CC(=O)Nc1ccc(Nc2nc3c(Br)cccn3n2)cc1. The van der Waals surface area contributed by atoms with Crippen LogP contribution in [0.3, 0.4) is 0 Å². The Balaban J connectivity index is 1.81. The second-order valence-electron chi connectivity index (χ2n) is 4.44. The van der Waals surface area contributed by atoms with E-state index in [0.717, 1.165) is 21.5 Å². The van der Waals surface area contributed by atoms with Gasteiger partial charge in [-0.05, 0) is 52.3 Å². The van der Waals surface area contributed by atoms with E-state index < -0.39 is 0 Å². The third-order valence-corrected chi connectivity index (χ3v) is 3.40. The van der Waals surface area contributed by atoms with E-state index in [0.29, 0.717) is 5.95 Å². The number of aromatic nitrogens is 3.